The first-order chi connectivity index (χ1) is 12.2. The fraction of sp³-hybridized carbons (Fsp3) is 0.222. The number of hydrogen-bond donors (Lipinski definition) is 1. The summed E-state index contributed by atoms with van der Waals surface area (Å²) in [5.74, 6) is -0.316. The molecule has 0 spiro atoms. The van der Waals surface area contributed by atoms with E-state index in [2.05, 4.69) is 21.3 Å². The fourth-order valence-corrected chi connectivity index (χ4v) is 2.69. The minimum atomic E-state index is -0.316. The van der Waals surface area contributed by atoms with Gasteiger partial charge in [0.2, 0.25) is 6.41 Å². The standard InChI is InChI=1S/C18H17N5O2/c19-10-14-3-1-2-4-17(14)21-18(25)15-9-16(12-20-11-15)23-7-5-22(13-24)6-8-23/h1-4,9,11-13H,5-8H2,(H,21,25). The molecule has 2 aromatic rings. The van der Waals surface area contributed by atoms with Crippen LogP contribution in [0.1, 0.15) is 15.9 Å². The molecule has 0 aliphatic carbocycles. The second-order valence-electron chi connectivity index (χ2n) is 5.67. The van der Waals surface area contributed by atoms with Gasteiger partial charge in [0, 0.05) is 32.4 Å². The van der Waals surface area contributed by atoms with Crippen LogP contribution in [0.25, 0.3) is 0 Å². The quantitative estimate of drug-likeness (QED) is 0.855. The molecule has 0 unspecified atom stereocenters. The van der Waals surface area contributed by atoms with Crippen LogP contribution in [0.3, 0.4) is 0 Å². The summed E-state index contributed by atoms with van der Waals surface area (Å²) in [6.07, 6.45) is 4.05. The molecular formula is C18H17N5O2. The number of hydrogen-bond acceptors (Lipinski definition) is 5. The van der Waals surface area contributed by atoms with Gasteiger partial charge in [-0.05, 0) is 18.2 Å². The van der Waals surface area contributed by atoms with Crippen molar-refractivity contribution in [2.75, 3.05) is 36.4 Å². The van der Waals surface area contributed by atoms with Gasteiger partial charge < -0.3 is 15.1 Å². The zero-order chi connectivity index (χ0) is 17.6. The Bertz CT molecular complexity index is 822. The maximum absolute atomic E-state index is 12.5. The van der Waals surface area contributed by atoms with Crippen molar-refractivity contribution in [2.24, 2.45) is 0 Å². The lowest BCUT2D eigenvalue weighted by Crippen LogP contribution is -2.45. The van der Waals surface area contributed by atoms with Crippen molar-refractivity contribution < 1.29 is 9.59 Å². The third-order valence-electron chi connectivity index (χ3n) is 4.11. The molecule has 1 saturated heterocycles. The highest BCUT2D eigenvalue weighted by Gasteiger charge is 2.17. The SMILES string of the molecule is N#Cc1ccccc1NC(=O)c1cncc(N2CCN(C=O)CC2)c1. The molecule has 7 heteroatoms. The van der Waals surface area contributed by atoms with Crippen LogP contribution in [0.2, 0.25) is 0 Å². The second kappa shape index (κ2) is 7.45. The molecule has 3 rings (SSSR count). The lowest BCUT2D eigenvalue weighted by molar-refractivity contribution is -0.118. The molecule has 0 bridgehead atoms. The lowest BCUT2D eigenvalue weighted by atomic mass is 10.1. The van der Waals surface area contributed by atoms with Gasteiger partial charge >= 0.3 is 0 Å². The van der Waals surface area contributed by atoms with Gasteiger partial charge in [-0.15, -0.1) is 0 Å². The zero-order valence-corrected chi connectivity index (χ0v) is 13.6. The van der Waals surface area contributed by atoms with Crippen LogP contribution >= 0.6 is 0 Å². The van der Waals surface area contributed by atoms with E-state index in [0.29, 0.717) is 43.0 Å². The number of rotatable bonds is 4. The number of para-hydroxylation sites is 1. The fourth-order valence-electron chi connectivity index (χ4n) is 2.69. The Morgan fingerprint density at radius 1 is 1.20 bits per heavy atom. The van der Waals surface area contributed by atoms with E-state index in [1.807, 2.05) is 0 Å². The smallest absolute Gasteiger partial charge is 0.257 e. The average Bonchev–Trinajstić information content (AvgIpc) is 2.68. The number of benzene rings is 1. The third kappa shape index (κ3) is 3.75. The molecule has 2 heterocycles. The van der Waals surface area contributed by atoms with Crippen molar-refractivity contribution in [2.45, 2.75) is 0 Å². The first-order valence-corrected chi connectivity index (χ1v) is 7.91. The number of amides is 2. The number of nitrogens with one attached hydrogen (secondary N) is 1. The zero-order valence-electron chi connectivity index (χ0n) is 13.6. The van der Waals surface area contributed by atoms with Gasteiger partial charge in [-0.3, -0.25) is 14.6 Å². The summed E-state index contributed by atoms with van der Waals surface area (Å²) < 4.78 is 0. The molecule has 1 aliphatic rings. The van der Waals surface area contributed by atoms with E-state index < -0.39 is 0 Å². The topological polar surface area (TPSA) is 89.3 Å². The highest BCUT2D eigenvalue weighted by molar-refractivity contribution is 6.05. The largest absolute Gasteiger partial charge is 0.367 e. The number of pyridine rings is 1. The van der Waals surface area contributed by atoms with Crippen LogP contribution in [-0.2, 0) is 4.79 Å². The van der Waals surface area contributed by atoms with Gasteiger partial charge in [0.05, 0.1) is 28.7 Å². The van der Waals surface area contributed by atoms with Gasteiger partial charge in [0.25, 0.3) is 5.91 Å². The average molecular weight is 335 g/mol. The highest BCUT2D eigenvalue weighted by atomic mass is 16.1. The molecule has 7 nitrogen and oxygen atoms in total. The molecule has 126 valence electrons. The molecule has 1 fully saturated rings. The molecule has 1 N–H and O–H groups in total. The van der Waals surface area contributed by atoms with Crippen molar-refractivity contribution >= 4 is 23.7 Å². The van der Waals surface area contributed by atoms with Gasteiger partial charge in [-0.25, -0.2) is 0 Å². The van der Waals surface area contributed by atoms with Gasteiger partial charge in [-0.2, -0.15) is 5.26 Å². The van der Waals surface area contributed by atoms with E-state index in [9.17, 15) is 9.59 Å². The number of anilines is 2. The molecule has 25 heavy (non-hydrogen) atoms. The number of carbonyl (C=O) groups is 2. The summed E-state index contributed by atoms with van der Waals surface area (Å²) in [6.45, 7) is 2.69. The number of nitrogens with zero attached hydrogens (tertiary/aromatic N) is 4. The van der Waals surface area contributed by atoms with Crippen molar-refractivity contribution in [3.05, 3.63) is 53.9 Å². The lowest BCUT2D eigenvalue weighted by Gasteiger charge is -2.34. The Morgan fingerprint density at radius 2 is 1.96 bits per heavy atom. The minimum absolute atomic E-state index is 0.316. The monoisotopic (exact) mass is 335 g/mol. The third-order valence-corrected chi connectivity index (χ3v) is 4.11. The predicted octanol–water partition coefficient (Wildman–Crippen LogP) is 1.48. The van der Waals surface area contributed by atoms with E-state index in [1.54, 1.807) is 41.4 Å². The Labute approximate surface area is 145 Å². The highest BCUT2D eigenvalue weighted by Crippen LogP contribution is 2.19. The van der Waals surface area contributed by atoms with Gasteiger partial charge in [-0.1, -0.05) is 12.1 Å². The maximum Gasteiger partial charge on any atom is 0.257 e. The van der Waals surface area contributed by atoms with E-state index >= 15 is 0 Å². The summed E-state index contributed by atoms with van der Waals surface area (Å²) in [5.41, 5.74) is 2.14. The first-order valence-electron chi connectivity index (χ1n) is 7.91. The molecular weight excluding hydrogens is 318 g/mol. The Kier molecular flexibility index (Phi) is 4.90. The molecule has 0 radical (unpaired) electrons. The van der Waals surface area contributed by atoms with E-state index in [-0.39, 0.29) is 5.91 Å². The molecule has 1 aromatic heterocycles. The van der Waals surface area contributed by atoms with Crippen molar-refractivity contribution in [1.82, 2.24) is 9.88 Å². The summed E-state index contributed by atoms with van der Waals surface area (Å²) in [7, 11) is 0. The minimum Gasteiger partial charge on any atom is -0.367 e. The number of nitriles is 1. The predicted molar refractivity (Wildman–Crippen MR) is 93.2 cm³/mol. The molecule has 2 amide bonds. The Hall–Kier alpha value is -3.40. The Balaban J connectivity index is 1.74. The summed E-state index contributed by atoms with van der Waals surface area (Å²) >= 11 is 0. The summed E-state index contributed by atoms with van der Waals surface area (Å²) in [6, 6.07) is 10.7. The van der Waals surface area contributed by atoms with Gasteiger partial charge in [0.1, 0.15) is 6.07 Å². The molecule has 1 aliphatic heterocycles. The number of carbonyl (C=O) groups excluding carboxylic acids is 2. The van der Waals surface area contributed by atoms with E-state index in [0.717, 1.165) is 12.1 Å². The van der Waals surface area contributed by atoms with E-state index in [1.165, 1.54) is 6.20 Å². The van der Waals surface area contributed by atoms with Crippen LogP contribution < -0.4 is 10.2 Å². The summed E-state index contributed by atoms with van der Waals surface area (Å²) in [5, 5.41) is 11.9. The maximum atomic E-state index is 12.5. The second-order valence-corrected chi connectivity index (χ2v) is 5.67. The van der Waals surface area contributed by atoms with Crippen LogP contribution in [0.5, 0.6) is 0 Å². The van der Waals surface area contributed by atoms with Gasteiger partial charge in [0.15, 0.2) is 0 Å². The summed E-state index contributed by atoms with van der Waals surface area (Å²) in [4.78, 5) is 31.2. The normalized spacial score (nSPS) is 13.9. The van der Waals surface area contributed by atoms with Crippen LogP contribution in [0.4, 0.5) is 11.4 Å². The molecule has 0 atom stereocenters. The van der Waals surface area contributed by atoms with Crippen LogP contribution in [0.15, 0.2) is 42.7 Å². The van der Waals surface area contributed by atoms with Crippen molar-refractivity contribution in [1.29, 1.82) is 5.26 Å². The van der Waals surface area contributed by atoms with Crippen molar-refractivity contribution in [3.63, 3.8) is 0 Å². The number of aromatic nitrogens is 1. The van der Waals surface area contributed by atoms with Crippen LogP contribution in [-0.4, -0.2) is 48.4 Å². The van der Waals surface area contributed by atoms with E-state index in [4.69, 9.17) is 5.26 Å². The molecule has 0 saturated carbocycles. The van der Waals surface area contributed by atoms with Crippen LogP contribution in [0, 0.1) is 11.3 Å². The first kappa shape index (κ1) is 16.5. The molecule has 1 aromatic carbocycles. The Morgan fingerprint density at radius 3 is 2.68 bits per heavy atom. The number of piperazine rings is 1. The van der Waals surface area contributed by atoms with Crippen molar-refractivity contribution in [3.8, 4) is 6.07 Å².